The highest BCUT2D eigenvalue weighted by Crippen LogP contribution is 2.08. The molecule has 9 heteroatoms. The van der Waals surface area contributed by atoms with Crippen LogP contribution in [-0.4, -0.2) is 30.5 Å². The molecule has 0 unspecified atom stereocenters. The van der Waals surface area contributed by atoms with Gasteiger partial charge < -0.3 is 10.9 Å². The normalized spacial score (nSPS) is 11.4. The van der Waals surface area contributed by atoms with Crippen molar-refractivity contribution >= 4 is 23.2 Å². The summed E-state index contributed by atoms with van der Waals surface area (Å²) in [6, 6.07) is 0. The summed E-state index contributed by atoms with van der Waals surface area (Å²) >= 11 is 0. The zero-order chi connectivity index (χ0) is 13.4. The first-order valence-electron chi connectivity index (χ1n) is 4.88. The van der Waals surface area contributed by atoms with Crippen molar-refractivity contribution in [2.45, 2.75) is 0 Å². The third-order valence-corrected chi connectivity index (χ3v) is 2.51. The number of aryl methyl sites for hydroxylation is 1. The average molecular weight is 250 g/mol. The van der Waals surface area contributed by atoms with E-state index in [1.165, 1.54) is 18.7 Å². The number of nitrogens with zero attached hydrogens (tertiary/aromatic N) is 5. The molecule has 2 heterocycles. The molecule has 2 aromatic rings. The number of anilines is 1. The number of nitrogens with two attached hydrogens (primary N) is 1. The van der Waals surface area contributed by atoms with Gasteiger partial charge in [0.2, 0.25) is 0 Å². The van der Waals surface area contributed by atoms with E-state index >= 15 is 0 Å². The molecule has 3 N–H and O–H groups in total. The smallest absolute Gasteiger partial charge is 0.332 e. The van der Waals surface area contributed by atoms with Crippen LogP contribution in [0.4, 0.5) is 5.82 Å². The third kappa shape index (κ3) is 1.52. The van der Waals surface area contributed by atoms with Gasteiger partial charge in [0.1, 0.15) is 5.69 Å². The predicted molar refractivity (Wildman–Crippen MR) is 63.8 cm³/mol. The topological polar surface area (TPSA) is 128 Å². The molecule has 0 saturated carbocycles. The van der Waals surface area contributed by atoms with Crippen LogP contribution in [0.1, 0.15) is 5.69 Å². The first-order valence-corrected chi connectivity index (χ1v) is 4.88. The lowest BCUT2D eigenvalue weighted by Gasteiger charge is -2.07. The third-order valence-electron chi connectivity index (χ3n) is 2.51. The number of hydrogen-bond acceptors (Lipinski definition) is 7. The zero-order valence-corrected chi connectivity index (χ0v) is 9.65. The lowest BCUT2D eigenvalue weighted by molar-refractivity contribution is 0.321. The van der Waals surface area contributed by atoms with E-state index in [9.17, 15) is 9.59 Å². The molecule has 0 spiro atoms. The van der Waals surface area contributed by atoms with Gasteiger partial charge in [-0.15, -0.1) is 0 Å². The molecule has 0 aliphatic carbocycles. The van der Waals surface area contributed by atoms with Gasteiger partial charge in [0.05, 0.1) is 6.21 Å². The quantitative estimate of drug-likeness (QED) is 0.357. The van der Waals surface area contributed by atoms with Crippen molar-refractivity contribution in [3.63, 3.8) is 0 Å². The monoisotopic (exact) mass is 250 g/mol. The Balaban J connectivity index is 3.04. The molecular weight excluding hydrogens is 240 g/mol. The molecule has 0 fully saturated rings. The van der Waals surface area contributed by atoms with Gasteiger partial charge in [-0.25, -0.2) is 14.8 Å². The molecule has 9 nitrogen and oxygen atoms in total. The van der Waals surface area contributed by atoms with Gasteiger partial charge in [-0.1, -0.05) is 5.16 Å². The van der Waals surface area contributed by atoms with Crippen LogP contribution in [-0.2, 0) is 14.1 Å². The first kappa shape index (κ1) is 11.8. The van der Waals surface area contributed by atoms with Crippen molar-refractivity contribution in [2.24, 2.45) is 19.3 Å². The van der Waals surface area contributed by atoms with E-state index in [-0.39, 0.29) is 22.7 Å². The Hall–Kier alpha value is -2.71. The SMILES string of the molecule is Cn1c(=O)c2nc(/C=N/O)c(N)nc2n(C)c1=O. The zero-order valence-electron chi connectivity index (χ0n) is 9.65. The second-order valence-electron chi connectivity index (χ2n) is 3.62. The van der Waals surface area contributed by atoms with Gasteiger partial charge in [-0.3, -0.25) is 13.9 Å². The summed E-state index contributed by atoms with van der Waals surface area (Å²) in [5.74, 6) is -0.0384. The van der Waals surface area contributed by atoms with E-state index in [0.717, 1.165) is 10.8 Å². The van der Waals surface area contributed by atoms with Crippen LogP contribution in [0.3, 0.4) is 0 Å². The van der Waals surface area contributed by atoms with Crippen molar-refractivity contribution in [1.82, 2.24) is 19.1 Å². The van der Waals surface area contributed by atoms with E-state index in [1.54, 1.807) is 0 Å². The molecule has 0 aliphatic heterocycles. The molecule has 0 aromatic carbocycles. The summed E-state index contributed by atoms with van der Waals surface area (Å²) < 4.78 is 2.08. The first-order chi connectivity index (χ1) is 8.47. The maximum Gasteiger partial charge on any atom is 0.332 e. The maximum absolute atomic E-state index is 11.9. The highest BCUT2D eigenvalue weighted by molar-refractivity contribution is 5.86. The second kappa shape index (κ2) is 3.95. The van der Waals surface area contributed by atoms with Gasteiger partial charge in [0.15, 0.2) is 17.0 Å². The molecule has 18 heavy (non-hydrogen) atoms. The fourth-order valence-corrected chi connectivity index (χ4v) is 1.54. The minimum Gasteiger partial charge on any atom is -0.411 e. The Morgan fingerprint density at radius 1 is 1.28 bits per heavy atom. The Kier molecular flexibility index (Phi) is 2.58. The Bertz CT molecular complexity index is 772. The molecule has 94 valence electrons. The highest BCUT2D eigenvalue weighted by atomic mass is 16.4. The Labute approximate surface area is 99.8 Å². The lowest BCUT2D eigenvalue weighted by atomic mass is 10.4. The summed E-state index contributed by atoms with van der Waals surface area (Å²) in [6.45, 7) is 0. The van der Waals surface area contributed by atoms with Gasteiger partial charge in [-0.05, 0) is 0 Å². The van der Waals surface area contributed by atoms with Gasteiger partial charge in [0, 0.05) is 14.1 Å². The number of fused-ring (bicyclic) bond motifs is 1. The van der Waals surface area contributed by atoms with E-state index in [1.807, 2.05) is 0 Å². The fraction of sp³-hybridized carbons (Fsp3) is 0.222. The molecule has 0 amide bonds. The van der Waals surface area contributed by atoms with Crippen molar-refractivity contribution in [3.05, 3.63) is 26.5 Å². The van der Waals surface area contributed by atoms with Crippen LogP contribution in [0.15, 0.2) is 14.7 Å². The number of nitrogen functional groups attached to an aromatic ring is 1. The van der Waals surface area contributed by atoms with Crippen LogP contribution in [0.25, 0.3) is 11.2 Å². The summed E-state index contributed by atoms with van der Waals surface area (Å²) in [7, 11) is 2.79. The molecule has 0 bridgehead atoms. The van der Waals surface area contributed by atoms with Gasteiger partial charge >= 0.3 is 5.69 Å². The van der Waals surface area contributed by atoms with Crippen molar-refractivity contribution in [3.8, 4) is 0 Å². The minimum absolute atomic E-state index is 0.0244. The van der Waals surface area contributed by atoms with E-state index in [0.29, 0.717) is 0 Å². The summed E-state index contributed by atoms with van der Waals surface area (Å²) in [4.78, 5) is 31.4. The second-order valence-corrected chi connectivity index (χ2v) is 3.62. The van der Waals surface area contributed by atoms with Crippen LogP contribution in [0.5, 0.6) is 0 Å². The average Bonchev–Trinajstić information content (AvgIpc) is 2.36. The summed E-state index contributed by atoms with van der Waals surface area (Å²) in [5, 5.41) is 11.2. The van der Waals surface area contributed by atoms with E-state index in [4.69, 9.17) is 10.9 Å². The van der Waals surface area contributed by atoms with Crippen LogP contribution in [0, 0.1) is 0 Å². The van der Waals surface area contributed by atoms with Crippen LogP contribution >= 0.6 is 0 Å². The lowest BCUT2D eigenvalue weighted by Crippen LogP contribution is -2.38. The molecule has 0 saturated heterocycles. The minimum atomic E-state index is -0.590. The van der Waals surface area contributed by atoms with Crippen LogP contribution in [0.2, 0.25) is 0 Å². The number of oxime groups is 1. The molecular formula is C9H10N6O3. The Morgan fingerprint density at radius 2 is 1.94 bits per heavy atom. The van der Waals surface area contributed by atoms with Crippen molar-refractivity contribution in [2.75, 3.05) is 5.73 Å². The molecule has 0 atom stereocenters. The largest absolute Gasteiger partial charge is 0.411 e. The fourth-order valence-electron chi connectivity index (χ4n) is 1.54. The maximum atomic E-state index is 11.9. The number of hydrogen-bond donors (Lipinski definition) is 2. The Morgan fingerprint density at radius 3 is 2.56 bits per heavy atom. The van der Waals surface area contributed by atoms with E-state index < -0.39 is 11.2 Å². The molecule has 0 radical (unpaired) electrons. The standard InChI is InChI=1S/C9H10N6O3/c1-14-7-5(8(16)15(2)9(14)17)12-4(3-11-18)6(10)13-7/h3,18H,1-2H3,(H2,10,13)/b11-3+. The summed E-state index contributed by atoms with van der Waals surface area (Å²) in [5.41, 5.74) is 4.58. The molecule has 2 rings (SSSR count). The number of rotatable bonds is 1. The van der Waals surface area contributed by atoms with Gasteiger partial charge in [0.25, 0.3) is 5.56 Å². The van der Waals surface area contributed by atoms with Crippen molar-refractivity contribution < 1.29 is 5.21 Å². The highest BCUT2D eigenvalue weighted by Gasteiger charge is 2.13. The van der Waals surface area contributed by atoms with Gasteiger partial charge in [-0.2, -0.15) is 0 Å². The number of aromatic nitrogens is 4. The van der Waals surface area contributed by atoms with Crippen molar-refractivity contribution in [1.29, 1.82) is 0 Å². The predicted octanol–water partition coefficient (Wildman–Crippen LogP) is -1.58. The molecule has 2 aromatic heterocycles. The molecule has 0 aliphatic rings. The summed E-state index contributed by atoms with van der Waals surface area (Å²) in [6.07, 6.45) is 0.965. The van der Waals surface area contributed by atoms with Crippen LogP contribution < -0.4 is 17.0 Å². The van der Waals surface area contributed by atoms with E-state index in [2.05, 4.69) is 15.1 Å².